The van der Waals surface area contributed by atoms with E-state index in [4.69, 9.17) is 0 Å². The number of aromatic nitrogens is 2. The summed E-state index contributed by atoms with van der Waals surface area (Å²) >= 11 is 1.47. The van der Waals surface area contributed by atoms with E-state index in [1.54, 1.807) is 6.20 Å². The van der Waals surface area contributed by atoms with Crippen LogP contribution in [0.3, 0.4) is 0 Å². The molecule has 0 aliphatic heterocycles. The van der Waals surface area contributed by atoms with Gasteiger partial charge in [0.2, 0.25) is 11.8 Å². The van der Waals surface area contributed by atoms with Crippen LogP contribution in [0, 0.1) is 0 Å². The Kier molecular flexibility index (Phi) is 7.30. The Morgan fingerprint density at radius 3 is 2.43 bits per heavy atom. The van der Waals surface area contributed by atoms with Crippen molar-refractivity contribution in [1.29, 1.82) is 0 Å². The lowest BCUT2D eigenvalue weighted by Gasteiger charge is -2.18. The molecule has 3 rings (SSSR count). The van der Waals surface area contributed by atoms with Crippen molar-refractivity contribution in [1.82, 2.24) is 15.3 Å². The van der Waals surface area contributed by atoms with Gasteiger partial charge in [0.05, 0.1) is 23.2 Å². The molecule has 0 fully saturated rings. The standard InChI is InChI=1S/C23H26N4O2S/c1-4-20(22-24-14-21(26-22)17-8-6-5-7-9-17)27-23(29)15(2)30-19-12-10-18(11-13-19)25-16(3)28/h5-15,20H,4H2,1-3H3,(H,24,26)(H,25,28)(H,27,29). The zero-order valence-corrected chi connectivity index (χ0v) is 18.1. The molecule has 2 aromatic carbocycles. The van der Waals surface area contributed by atoms with E-state index in [2.05, 4.69) is 20.6 Å². The van der Waals surface area contributed by atoms with E-state index < -0.39 is 0 Å². The normalized spacial score (nSPS) is 12.8. The number of amides is 2. The summed E-state index contributed by atoms with van der Waals surface area (Å²) in [6.45, 7) is 5.38. The molecule has 2 amide bonds. The van der Waals surface area contributed by atoms with E-state index in [-0.39, 0.29) is 23.1 Å². The molecule has 2 unspecified atom stereocenters. The first kappa shape index (κ1) is 21.6. The van der Waals surface area contributed by atoms with E-state index in [9.17, 15) is 9.59 Å². The van der Waals surface area contributed by atoms with Crippen molar-refractivity contribution >= 4 is 29.3 Å². The molecule has 156 valence electrons. The highest BCUT2D eigenvalue weighted by molar-refractivity contribution is 8.00. The van der Waals surface area contributed by atoms with Crippen LogP contribution in [0.4, 0.5) is 5.69 Å². The van der Waals surface area contributed by atoms with Crippen LogP contribution in [0.15, 0.2) is 65.7 Å². The fraction of sp³-hybridized carbons (Fsp3) is 0.261. The second-order valence-electron chi connectivity index (χ2n) is 6.98. The molecule has 0 saturated carbocycles. The third kappa shape index (κ3) is 5.73. The molecule has 0 bridgehead atoms. The molecule has 0 radical (unpaired) electrons. The number of anilines is 1. The molecule has 1 heterocycles. The number of thioether (sulfide) groups is 1. The SMILES string of the molecule is CCC(NC(=O)C(C)Sc1ccc(NC(C)=O)cc1)c1ncc(-c2ccccc2)[nH]1. The van der Waals surface area contributed by atoms with Crippen LogP contribution in [0.2, 0.25) is 0 Å². The minimum atomic E-state index is -0.269. The van der Waals surface area contributed by atoms with E-state index in [0.717, 1.165) is 34.1 Å². The summed E-state index contributed by atoms with van der Waals surface area (Å²) in [5.74, 6) is 0.596. The van der Waals surface area contributed by atoms with Crippen molar-refractivity contribution in [2.75, 3.05) is 5.32 Å². The summed E-state index contributed by atoms with van der Waals surface area (Å²) in [6, 6.07) is 17.3. The first-order chi connectivity index (χ1) is 14.5. The van der Waals surface area contributed by atoms with Crippen LogP contribution in [-0.2, 0) is 9.59 Å². The third-order valence-electron chi connectivity index (χ3n) is 4.59. The Hall–Kier alpha value is -3.06. The van der Waals surface area contributed by atoms with Crippen LogP contribution < -0.4 is 10.6 Å². The highest BCUT2D eigenvalue weighted by atomic mass is 32.2. The maximum Gasteiger partial charge on any atom is 0.233 e. The summed E-state index contributed by atoms with van der Waals surface area (Å²) in [5, 5.41) is 5.56. The number of carbonyl (C=O) groups is 2. The molecule has 7 heteroatoms. The molecule has 2 atom stereocenters. The minimum Gasteiger partial charge on any atom is -0.345 e. The number of carbonyl (C=O) groups excluding carboxylic acids is 2. The van der Waals surface area contributed by atoms with Gasteiger partial charge in [-0.05, 0) is 43.2 Å². The maximum atomic E-state index is 12.7. The largest absolute Gasteiger partial charge is 0.345 e. The molecule has 1 aromatic heterocycles. The number of hydrogen-bond acceptors (Lipinski definition) is 4. The van der Waals surface area contributed by atoms with Gasteiger partial charge in [0.1, 0.15) is 5.82 Å². The fourth-order valence-corrected chi connectivity index (χ4v) is 3.89. The number of rotatable bonds is 8. The summed E-state index contributed by atoms with van der Waals surface area (Å²) in [6.07, 6.45) is 2.53. The van der Waals surface area contributed by atoms with Crippen molar-refractivity contribution in [3.05, 3.63) is 66.6 Å². The van der Waals surface area contributed by atoms with Crippen LogP contribution in [0.1, 0.15) is 39.1 Å². The lowest BCUT2D eigenvalue weighted by atomic mass is 10.2. The van der Waals surface area contributed by atoms with Gasteiger partial charge in [-0.25, -0.2) is 4.98 Å². The van der Waals surface area contributed by atoms with Gasteiger partial charge in [0, 0.05) is 17.5 Å². The highest BCUT2D eigenvalue weighted by Gasteiger charge is 2.21. The number of imidazole rings is 1. The average molecular weight is 423 g/mol. The second kappa shape index (κ2) is 10.1. The average Bonchev–Trinajstić information content (AvgIpc) is 3.23. The van der Waals surface area contributed by atoms with E-state index in [1.165, 1.54) is 18.7 Å². The topological polar surface area (TPSA) is 86.9 Å². The van der Waals surface area contributed by atoms with E-state index >= 15 is 0 Å². The molecule has 0 aliphatic carbocycles. The monoisotopic (exact) mass is 422 g/mol. The van der Waals surface area contributed by atoms with Gasteiger partial charge in [-0.1, -0.05) is 37.3 Å². The predicted octanol–water partition coefficient (Wildman–Crippen LogP) is 4.78. The first-order valence-electron chi connectivity index (χ1n) is 9.91. The molecule has 3 aromatic rings. The van der Waals surface area contributed by atoms with Gasteiger partial charge in [0.15, 0.2) is 0 Å². The zero-order chi connectivity index (χ0) is 21.5. The van der Waals surface area contributed by atoms with Gasteiger partial charge >= 0.3 is 0 Å². The van der Waals surface area contributed by atoms with Crippen LogP contribution in [0.5, 0.6) is 0 Å². The smallest absolute Gasteiger partial charge is 0.233 e. The number of nitrogens with one attached hydrogen (secondary N) is 3. The molecular weight excluding hydrogens is 396 g/mol. The summed E-state index contributed by atoms with van der Waals surface area (Å²) in [7, 11) is 0. The number of nitrogens with zero attached hydrogens (tertiary/aromatic N) is 1. The molecule has 6 nitrogen and oxygen atoms in total. The van der Waals surface area contributed by atoms with Gasteiger partial charge in [-0.2, -0.15) is 0 Å². The number of hydrogen-bond donors (Lipinski definition) is 3. The molecule has 0 saturated heterocycles. The minimum absolute atomic E-state index is 0.0459. The third-order valence-corrected chi connectivity index (χ3v) is 5.70. The van der Waals surface area contributed by atoms with Crippen molar-refractivity contribution < 1.29 is 9.59 Å². The van der Waals surface area contributed by atoms with E-state index in [1.807, 2.05) is 68.4 Å². The van der Waals surface area contributed by atoms with Crippen LogP contribution in [-0.4, -0.2) is 27.0 Å². The lowest BCUT2D eigenvalue weighted by Crippen LogP contribution is -2.34. The van der Waals surface area contributed by atoms with Gasteiger partial charge in [-0.3, -0.25) is 9.59 Å². The Labute approximate surface area is 180 Å². The zero-order valence-electron chi connectivity index (χ0n) is 17.3. The van der Waals surface area contributed by atoms with Crippen molar-refractivity contribution in [3.63, 3.8) is 0 Å². The Morgan fingerprint density at radius 2 is 1.80 bits per heavy atom. The van der Waals surface area contributed by atoms with E-state index in [0.29, 0.717) is 0 Å². The van der Waals surface area contributed by atoms with Crippen LogP contribution >= 0.6 is 11.8 Å². The van der Waals surface area contributed by atoms with Gasteiger partial charge < -0.3 is 15.6 Å². The number of aromatic amines is 1. The summed E-state index contributed by atoms with van der Waals surface area (Å²) in [4.78, 5) is 32.6. The Morgan fingerprint density at radius 1 is 1.10 bits per heavy atom. The van der Waals surface area contributed by atoms with Gasteiger partial charge in [-0.15, -0.1) is 11.8 Å². The van der Waals surface area contributed by atoms with Crippen molar-refractivity contribution in [3.8, 4) is 11.3 Å². The molecule has 3 N–H and O–H groups in total. The molecule has 0 spiro atoms. The lowest BCUT2D eigenvalue weighted by molar-refractivity contribution is -0.121. The first-order valence-corrected chi connectivity index (χ1v) is 10.8. The highest BCUT2D eigenvalue weighted by Crippen LogP contribution is 2.26. The van der Waals surface area contributed by atoms with Gasteiger partial charge in [0.25, 0.3) is 0 Å². The number of H-pyrrole nitrogens is 1. The molecular formula is C23H26N4O2S. The van der Waals surface area contributed by atoms with Crippen LogP contribution in [0.25, 0.3) is 11.3 Å². The molecule has 0 aliphatic rings. The van der Waals surface area contributed by atoms with Crippen molar-refractivity contribution in [2.24, 2.45) is 0 Å². The molecule has 30 heavy (non-hydrogen) atoms. The summed E-state index contributed by atoms with van der Waals surface area (Å²) in [5.41, 5.74) is 2.73. The second-order valence-corrected chi connectivity index (χ2v) is 8.40. The Bertz CT molecular complexity index is 986. The predicted molar refractivity (Wildman–Crippen MR) is 121 cm³/mol. The quantitative estimate of drug-likeness (QED) is 0.456. The number of benzene rings is 2. The summed E-state index contributed by atoms with van der Waals surface area (Å²) < 4.78 is 0. The maximum absolute atomic E-state index is 12.7. The Balaban J connectivity index is 1.60. The fourth-order valence-electron chi connectivity index (χ4n) is 3.01. The van der Waals surface area contributed by atoms with Crippen molar-refractivity contribution in [2.45, 2.75) is 43.4 Å².